The molecule has 174 valence electrons. The largest absolute Gasteiger partial charge is 0.496 e. The van der Waals surface area contributed by atoms with Crippen molar-refractivity contribution >= 4 is 11.3 Å². The second kappa shape index (κ2) is 8.06. The van der Waals surface area contributed by atoms with Crippen LogP contribution in [-0.4, -0.2) is 35.3 Å². The summed E-state index contributed by atoms with van der Waals surface area (Å²) in [7, 11) is 1.35. The van der Waals surface area contributed by atoms with Gasteiger partial charge in [-0.05, 0) is 55.0 Å². The highest BCUT2D eigenvalue weighted by Gasteiger charge is 2.40. The molecule has 0 bridgehead atoms. The Morgan fingerprint density at radius 2 is 2.03 bits per heavy atom. The van der Waals surface area contributed by atoms with E-state index < -0.39 is 24.5 Å². The summed E-state index contributed by atoms with van der Waals surface area (Å²) in [6.45, 7) is -3.14. The van der Waals surface area contributed by atoms with E-state index in [1.54, 1.807) is 16.8 Å². The molecular weight excluding hydrogens is 435 g/mol. The molecule has 6 nitrogen and oxygen atoms in total. The van der Waals surface area contributed by atoms with E-state index in [1.807, 2.05) is 18.3 Å². The molecule has 5 rings (SSSR count). The Bertz CT molecular complexity index is 1220. The van der Waals surface area contributed by atoms with Crippen molar-refractivity contribution in [2.75, 3.05) is 7.11 Å². The molecule has 2 N–H and O–H groups in total. The number of ether oxygens (including phenoxy) is 2. The lowest BCUT2D eigenvalue weighted by Gasteiger charge is -2.38. The van der Waals surface area contributed by atoms with E-state index in [0.717, 1.165) is 30.3 Å². The number of pyridine rings is 1. The Morgan fingerprint density at radius 1 is 1.30 bits per heavy atom. The minimum absolute atomic E-state index is 0.0865. The highest BCUT2D eigenvalue weighted by Crippen LogP contribution is 2.43. The molecule has 9 heteroatoms. The van der Waals surface area contributed by atoms with E-state index in [2.05, 4.69) is 5.10 Å². The van der Waals surface area contributed by atoms with Crippen LogP contribution in [0.15, 0.2) is 36.7 Å². The van der Waals surface area contributed by atoms with Gasteiger partial charge in [-0.1, -0.05) is 6.07 Å². The Labute approximate surface area is 188 Å². The summed E-state index contributed by atoms with van der Waals surface area (Å²) in [5.41, 5.74) is 8.87. The van der Waals surface area contributed by atoms with E-state index in [9.17, 15) is 18.0 Å². The quantitative estimate of drug-likeness (QED) is 0.486. The van der Waals surface area contributed by atoms with Gasteiger partial charge in [0.05, 0.1) is 18.8 Å². The van der Waals surface area contributed by atoms with Gasteiger partial charge in [0.1, 0.15) is 23.2 Å². The topological polar surface area (TPSA) is 78.8 Å². The normalized spacial score (nSPS) is 21.2. The highest BCUT2D eigenvalue weighted by atomic mass is 19.3. The lowest BCUT2D eigenvalue weighted by atomic mass is 9.73. The van der Waals surface area contributed by atoms with E-state index in [0.29, 0.717) is 17.5 Å². The summed E-state index contributed by atoms with van der Waals surface area (Å²) in [4.78, 5) is 12.8. The molecule has 0 unspecified atom stereocenters. The van der Waals surface area contributed by atoms with Crippen LogP contribution in [0.4, 0.5) is 13.2 Å². The monoisotopic (exact) mass is 459 g/mol. The van der Waals surface area contributed by atoms with Crippen LogP contribution in [0.25, 0.3) is 16.6 Å². The maximum atomic E-state index is 13.3. The number of halogens is 3. The van der Waals surface area contributed by atoms with Gasteiger partial charge in [0.2, 0.25) is 0 Å². The minimum Gasteiger partial charge on any atom is -0.496 e. The van der Waals surface area contributed by atoms with Crippen LogP contribution in [0.5, 0.6) is 11.5 Å². The number of methoxy groups -OCH3 is 1. The second-order valence-electron chi connectivity index (χ2n) is 8.88. The number of ketones is 1. The first-order chi connectivity index (χ1) is 15.8. The predicted octanol–water partition coefficient (Wildman–Crippen LogP) is 4.88. The number of hydrogen-bond acceptors (Lipinski definition) is 5. The van der Waals surface area contributed by atoms with Crippen LogP contribution >= 0.6 is 0 Å². The van der Waals surface area contributed by atoms with Gasteiger partial charge in [0, 0.05) is 29.6 Å². The molecular formula is C24H24F3N3O3. The highest BCUT2D eigenvalue weighted by molar-refractivity contribution is 6.03. The third kappa shape index (κ3) is 3.94. The molecule has 0 spiro atoms. The van der Waals surface area contributed by atoms with Crippen molar-refractivity contribution < 1.29 is 27.4 Å². The molecule has 0 saturated heterocycles. The molecule has 3 aromatic rings. The fourth-order valence-electron chi connectivity index (χ4n) is 4.48. The van der Waals surface area contributed by atoms with E-state index >= 15 is 0 Å². The van der Waals surface area contributed by atoms with Crippen LogP contribution in [0.2, 0.25) is 0 Å². The molecule has 2 saturated carbocycles. The first-order valence-electron chi connectivity index (χ1n) is 10.9. The molecule has 2 fully saturated rings. The van der Waals surface area contributed by atoms with Crippen molar-refractivity contribution in [1.29, 1.82) is 0 Å². The van der Waals surface area contributed by atoms with Crippen molar-refractivity contribution in [3.8, 4) is 22.6 Å². The molecule has 0 amide bonds. The fourth-order valence-corrected chi connectivity index (χ4v) is 4.48. The van der Waals surface area contributed by atoms with Gasteiger partial charge < -0.3 is 15.2 Å². The molecule has 2 heterocycles. The smallest absolute Gasteiger partial charge is 0.387 e. The van der Waals surface area contributed by atoms with Gasteiger partial charge in [0.25, 0.3) is 0 Å². The number of carbonyl (C=O) groups excluding carboxylic acids is 1. The first-order valence-corrected chi connectivity index (χ1v) is 10.9. The van der Waals surface area contributed by atoms with Crippen molar-refractivity contribution in [2.24, 2.45) is 11.7 Å². The van der Waals surface area contributed by atoms with Gasteiger partial charge >= 0.3 is 6.61 Å². The summed E-state index contributed by atoms with van der Waals surface area (Å²) in [6, 6.07) is 6.81. The average molecular weight is 459 g/mol. The number of alkyl halides is 3. The van der Waals surface area contributed by atoms with Crippen molar-refractivity contribution in [3.05, 3.63) is 47.8 Å². The zero-order valence-corrected chi connectivity index (χ0v) is 18.1. The minimum atomic E-state index is -3.14. The standard InChI is InChI=1S/C24H24F3N3O3/c1-32-20-9-13(10-21(33-23(26)27)22(20)19(31)8-14-7-17(14)25)16-11-29-30-12-15(3-4-18(16)30)24(28)5-2-6-24/h3-4,9-12,14,17,23H,2,5-8,28H2,1H3/t14-,17-/m0/s1. The Balaban J connectivity index is 1.56. The van der Waals surface area contributed by atoms with Crippen LogP contribution < -0.4 is 15.2 Å². The van der Waals surface area contributed by atoms with Gasteiger partial charge in [-0.3, -0.25) is 4.79 Å². The van der Waals surface area contributed by atoms with Crippen molar-refractivity contribution in [1.82, 2.24) is 9.61 Å². The number of aromatic nitrogens is 2. The number of carbonyl (C=O) groups is 1. The third-order valence-electron chi connectivity index (χ3n) is 6.71. The lowest BCUT2D eigenvalue weighted by Crippen LogP contribution is -2.43. The number of nitrogens with two attached hydrogens (primary N) is 1. The Kier molecular flexibility index (Phi) is 5.31. The first kappa shape index (κ1) is 21.8. The van der Waals surface area contributed by atoms with Crippen LogP contribution in [0.3, 0.4) is 0 Å². The number of benzene rings is 1. The molecule has 0 radical (unpaired) electrons. The molecule has 33 heavy (non-hydrogen) atoms. The molecule has 0 aliphatic heterocycles. The van der Waals surface area contributed by atoms with Crippen molar-refractivity contribution in [2.45, 2.75) is 50.4 Å². The number of Topliss-reactive ketones (excluding diaryl/α,β-unsaturated/α-hetero) is 1. The zero-order valence-electron chi connectivity index (χ0n) is 18.1. The van der Waals surface area contributed by atoms with E-state index in [4.69, 9.17) is 15.2 Å². The maximum absolute atomic E-state index is 13.3. The third-order valence-corrected chi connectivity index (χ3v) is 6.71. The molecule has 2 aromatic heterocycles. The summed E-state index contributed by atoms with van der Waals surface area (Å²) in [5, 5.41) is 4.41. The van der Waals surface area contributed by atoms with Crippen LogP contribution in [-0.2, 0) is 5.54 Å². The number of nitrogens with zero attached hydrogens (tertiary/aromatic N) is 2. The predicted molar refractivity (Wildman–Crippen MR) is 115 cm³/mol. The molecule has 2 aliphatic carbocycles. The lowest BCUT2D eigenvalue weighted by molar-refractivity contribution is -0.0502. The summed E-state index contributed by atoms with van der Waals surface area (Å²) < 4.78 is 51.5. The zero-order chi connectivity index (χ0) is 23.3. The van der Waals surface area contributed by atoms with Gasteiger partial charge in [0.15, 0.2) is 5.78 Å². The van der Waals surface area contributed by atoms with Crippen molar-refractivity contribution in [3.63, 3.8) is 0 Å². The SMILES string of the molecule is COc1cc(-c2cnn3cc(C4(N)CCC4)ccc23)cc(OC(F)F)c1C(=O)C[C@@H]1C[C@@H]1F. The number of fused-ring (bicyclic) bond motifs is 1. The molecule has 1 aromatic carbocycles. The van der Waals surface area contributed by atoms with Gasteiger partial charge in [-0.2, -0.15) is 13.9 Å². The van der Waals surface area contributed by atoms with E-state index in [-0.39, 0.29) is 29.0 Å². The maximum Gasteiger partial charge on any atom is 0.387 e. The molecule has 2 atom stereocenters. The molecule has 2 aliphatic rings. The van der Waals surface area contributed by atoms with E-state index in [1.165, 1.54) is 13.2 Å². The Morgan fingerprint density at radius 3 is 2.64 bits per heavy atom. The van der Waals surface area contributed by atoms with Gasteiger partial charge in [-0.15, -0.1) is 0 Å². The second-order valence-corrected chi connectivity index (χ2v) is 8.88. The average Bonchev–Trinajstić information content (AvgIpc) is 3.28. The summed E-state index contributed by atoms with van der Waals surface area (Å²) in [5.74, 6) is -1.09. The fraction of sp³-hybridized carbons (Fsp3) is 0.417. The Hall–Kier alpha value is -3.07. The number of hydrogen-bond donors (Lipinski definition) is 1. The van der Waals surface area contributed by atoms with Gasteiger partial charge in [-0.25, -0.2) is 8.91 Å². The summed E-state index contributed by atoms with van der Waals surface area (Å²) in [6.07, 6.45) is 5.59. The number of rotatable bonds is 8. The van der Waals surface area contributed by atoms with Crippen LogP contribution in [0, 0.1) is 5.92 Å². The van der Waals surface area contributed by atoms with Crippen LogP contribution in [0.1, 0.15) is 48.0 Å². The summed E-state index contributed by atoms with van der Waals surface area (Å²) >= 11 is 0.